The summed E-state index contributed by atoms with van der Waals surface area (Å²) in [7, 11) is 0. The minimum Gasteiger partial charge on any atom is -0.463 e. The van der Waals surface area contributed by atoms with Crippen LogP contribution in [0.4, 0.5) is 4.79 Å². The highest BCUT2D eigenvalue weighted by atomic mass is 16.6. The van der Waals surface area contributed by atoms with Gasteiger partial charge in [0.15, 0.2) is 0 Å². The van der Waals surface area contributed by atoms with Crippen molar-refractivity contribution in [2.75, 3.05) is 98.6 Å². The molecule has 2 aromatic heterocycles. The van der Waals surface area contributed by atoms with Gasteiger partial charge in [0.2, 0.25) is 23.6 Å². The van der Waals surface area contributed by atoms with E-state index in [4.69, 9.17) is 33.7 Å². The molecule has 3 aromatic rings. The predicted molar refractivity (Wildman–Crippen MR) is 340 cm³/mol. The number of ether oxygens (including phenoxy) is 5. The summed E-state index contributed by atoms with van der Waals surface area (Å²) >= 11 is 0. The molecule has 0 spiro atoms. The maximum Gasteiger partial charge on any atom is 0.408 e. The molecule has 7 heterocycles. The van der Waals surface area contributed by atoms with Gasteiger partial charge < -0.3 is 65.3 Å². The Morgan fingerprint density at radius 3 is 2.21 bits per heavy atom. The van der Waals surface area contributed by atoms with Gasteiger partial charge in [-0.2, -0.15) is 0 Å². The number of allylic oxidation sites excluding steroid dienone is 5. The van der Waals surface area contributed by atoms with E-state index in [1.54, 1.807) is 57.2 Å². The molecule has 0 unspecified atom stereocenters. The molecule has 492 valence electrons. The largest absolute Gasteiger partial charge is 0.463 e. The van der Waals surface area contributed by atoms with Gasteiger partial charge >= 0.3 is 18.0 Å². The molecule has 92 heavy (non-hydrogen) atoms. The Morgan fingerprint density at radius 2 is 1.48 bits per heavy atom. The van der Waals surface area contributed by atoms with Gasteiger partial charge in [-0.3, -0.25) is 43.4 Å². The van der Waals surface area contributed by atoms with Crippen LogP contribution in [-0.4, -0.2) is 199 Å². The summed E-state index contributed by atoms with van der Waals surface area (Å²) in [5, 5.41) is 21.9. The number of alkyl carbamates (subject to hydrolysis) is 1. The van der Waals surface area contributed by atoms with E-state index >= 15 is 4.79 Å². The fourth-order valence-corrected chi connectivity index (χ4v) is 11.3. The number of aromatic nitrogens is 4. The lowest BCUT2D eigenvalue weighted by atomic mass is 9.84. The van der Waals surface area contributed by atoms with Crippen molar-refractivity contribution in [1.82, 2.24) is 56.3 Å². The highest BCUT2D eigenvalue weighted by Gasteiger charge is 2.41. The molecule has 3 atom stereocenters. The van der Waals surface area contributed by atoms with Crippen molar-refractivity contribution in [2.45, 2.75) is 105 Å². The first-order valence-corrected chi connectivity index (χ1v) is 31.0. The van der Waals surface area contributed by atoms with E-state index < -0.39 is 90.7 Å². The zero-order valence-corrected chi connectivity index (χ0v) is 53.4. The van der Waals surface area contributed by atoms with E-state index in [9.17, 15) is 43.5 Å². The number of nitrogens with zero attached hydrogens (tertiary/aromatic N) is 4. The molecule has 5 aliphatic heterocycles. The number of carbonyl (C=O) groups is 9. The van der Waals surface area contributed by atoms with Crippen molar-refractivity contribution in [1.29, 1.82) is 0 Å². The van der Waals surface area contributed by atoms with Crippen molar-refractivity contribution >= 4 is 86.8 Å². The first kappa shape index (κ1) is 68.8. The minimum absolute atomic E-state index is 0.00436. The highest BCUT2D eigenvalue weighted by molar-refractivity contribution is 6.23. The lowest BCUT2D eigenvalue weighted by Crippen LogP contribution is -2.52. The second-order valence-electron chi connectivity index (χ2n) is 23.7. The van der Waals surface area contributed by atoms with Crippen molar-refractivity contribution in [3.63, 3.8) is 0 Å². The summed E-state index contributed by atoms with van der Waals surface area (Å²) in [5.74, 6) is -5.35. The monoisotopic (exact) mass is 1270 g/mol. The zero-order chi connectivity index (χ0) is 66.2. The summed E-state index contributed by atoms with van der Waals surface area (Å²) in [4.78, 5) is 140. The van der Waals surface area contributed by atoms with Crippen LogP contribution >= 0.6 is 0 Å². The third kappa shape index (κ3) is 17.9. The van der Waals surface area contributed by atoms with Gasteiger partial charge in [-0.25, -0.2) is 19.6 Å². The Bertz CT molecular complexity index is 3610. The standard InChI is InChI=1S/C66H83N11O15/c1-9-43-38(2)47-33-51-44(15-17-57(83)91-30-29-88-25-19-67-53(79)35-69-62(84)52(31-42-13-11-10-12-14-42)73-55(81)37-68-54(80)36-70-65(87)92-66(6,7)8)39(3)46(72-51)32-48-40(4)45(16-18-56(82)90-28-24-78)60(74-48)59-61-58(41(5)49(75-61)34-50(43)71-47)63(85)77(64(59)86)21-20-76-22-26-89-27-23-76/h10-15,17,32-34,40,45,52,74-75,78H,9,16,18-31,35-37H2,1-8H3,(H,67,79)(H,68,80)(H,69,84)(H,70,87)(H,73,81)/b17-15+,48-32?,50-34?,51-33?,60-59?/t40-,45-,52-/m0/s1. The Kier molecular flexibility index (Phi) is 23.7. The van der Waals surface area contributed by atoms with Gasteiger partial charge in [-0.05, 0) is 107 Å². The lowest BCUT2D eigenvalue weighted by molar-refractivity contribution is -0.145. The SMILES string of the molecule is CCC1=C(C)c2cc3nc(cc4[nH]c(c5c6[nH]c(cc1n2)c(C)c6C(=O)N(CCN1CCOCC1)C5=O)[C@@H](CCC(=O)OCCO)[C@@H]4C)C(C)=C3/C=C/C(=O)OCCOCCNC(=O)CNC(=O)[C@H](Cc1ccccc1)NC(=O)CNC(=O)CNC(=O)OC(C)(C)C. The number of aliphatic hydroxyl groups excluding tert-OH is 1. The number of aromatic amines is 2. The molecule has 0 radical (unpaired) electrons. The molecule has 8 bridgehead atoms. The average molecular weight is 1270 g/mol. The number of hydrogen-bond acceptors (Lipinski definition) is 18. The maximum absolute atomic E-state index is 15.2. The number of carbonyl (C=O) groups excluding carboxylic acids is 9. The van der Waals surface area contributed by atoms with Crippen LogP contribution in [-0.2, 0) is 58.9 Å². The van der Waals surface area contributed by atoms with Crippen molar-refractivity contribution < 1.29 is 71.9 Å². The van der Waals surface area contributed by atoms with Gasteiger partial charge in [-0.15, -0.1) is 0 Å². The fourth-order valence-electron chi connectivity index (χ4n) is 11.3. The Hall–Kier alpha value is -9.11. The fraction of sp³-hybridized carbons (Fsp3) is 0.470. The lowest BCUT2D eigenvalue weighted by Gasteiger charge is -2.31. The molecule has 8 N–H and O–H groups in total. The van der Waals surface area contributed by atoms with Gasteiger partial charge in [-0.1, -0.05) is 44.2 Å². The molecular formula is C66H83N11O15. The minimum atomic E-state index is -1.11. The van der Waals surface area contributed by atoms with Crippen molar-refractivity contribution in [3.8, 4) is 0 Å². The molecule has 5 aliphatic rings. The maximum atomic E-state index is 15.2. The number of aryl methyl sites for hydroxylation is 1. The number of imide groups is 1. The van der Waals surface area contributed by atoms with Gasteiger partial charge in [0.1, 0.15) is 31.4 Å². The average Bonchev–Trinajstić information content (AvgIpc) is 1.55. The topological polar surface area (TPSA) is 344 Å². The van der Waals surface area contributed by atoms with E-state index in [0.717, 1.165) is 22.3 Å². The molecule has 1 aromatic carbocycles. The van der Waals surface area contributed by atoms with Crippen LogP contribution in [0.3, 0.4) is 0 Å². The van der Waals surface area contributed by atoms with E-state index in [0.29, 0.717) is 101 Å². The summed E-state index contributed by atoms with van der Waals surface area (Å²) in [6.07, 6.45) is 3.08. The van der Waals surface area contributed by atoms with Gasteiger partial charge in [0, 0.05) is 86.0 Å². The number of aliphatic hydroxyl groups is 1. The van der Waals surface area contributed by atoms with Crippen LogP contribution in [0.15, 0.2) is 60.7 Å². The number of rotatable bonds is 27. The molecule has 8 rings (SSSR count). The van der Waals surface area contributed by atoms with E-state index in [1.807, 2.05) is 52.8 Å². The summed E-state index contributed by atoms with van der Waals surface area (Å²) in [6, 6.07) is 13.5. The van der Waals surface area contributed by atoms with Crippen LogP contribution in [0.5, 0.6) is 0 Å². The molecule has 0 aliphatic carbocycles. The highest BCUT2D eigenvalue weighted by Crippen LogP contribution is 2.45. The summed E-state index contributed by atoms with van der Waals surface area (Å²) in [6.45, 7) is 16.0. The molecule has 26 heteroatoms. The zero-order valence-electron chi connectivity index (χ0n) is 53.4. The van der Waals surface area contributed by atoms with E-state index in [1.165, 1.54) is 11.0 Å². The van der Waals surface area contributed by atoms with Gasteiger partial charge in [0.25, 0.3) is 11.8 Å². The number of nitrogens with one attached hydrogen (secondary N) is 7. The van der Waals surface area contributed by atoms with Crippen LogP contribution in [0, 0.1) is 6.92 Å². The third-order valence-corrected chi connectivity index (χ3v) is 16.1. The molecule has 1 fully saturated rings. The first-order chi connectivity index (χ1) is 44.0. The first-order valence-electron chi connectivity index (χ1n) is 31.0. The number of H-pyrrole nitrogens is 2. The molecular weight excluding hydrogens is 1190 g/mol. The van der Waals surface area contributed by atoms with E-state index in [-0.39, 0.29) is 76.9 Å². The van der Waals surface area contributed by atoms with Crippen LogP contribution < -0.4 is 26.6 Å². The Balaban J connectivity index is 0.931. The van der Waals surface area contributed by atoms with Gasteiger partial charge in [0.05, 0.1) is 85.5 Å². The number of morpholine rings is 1. The molecule has 26 nitrogen and oxygen atoms in total. The normalized spacial score (nSPS) is 16.5. The second kappa shape index (κ2) is 31.8. The number of esters is 2. The van der Waals surface area contributed by atoms with Crippen molar-refractivity contribution in [2.24, 2.45) is 0 Å². The number of fused-ring (bicyclic) bond motifs is 8. The van der Waals surface area contributed by atoms with Crippen molar-refractivity contribution in [3.05, 3.63) is 117 Å². The molecule has 7 amide bonds. The third-order valence-electron chi connectivity index (χ3n) is 16.1. The molecule has 1 saturated heterocycles. The quantitative estimate of drug-likeness (QED) is 0.0172. The second-order valence-corrected chi connectivity index (χ2v) is 23.7. The number of amides is 7. The number of hydrogen-bond donors (Lipinski definition) is 8. The Labute approximate surface area is 533 Å². The summed E-state index contributed by atoms with van der Waals surface area (Å²) in [5.41, 5.74) is 9.11. The van der Waals surface area contributed by atoms with E-state index in [2.05, 4.69) is 41.5 Å². The van der Waals surface area contributed by atoms with Crippen LogP contribution in [0.2, 0.25) is 0 Å². The Morgan fingerprint density at radius 1 is 0.783 bits per heavy atom. The number of benzene rings is 1. The molecule has 0 saturated carbocycles. The van der Waals surface area contributed by atoms with Crippen LogP contribution in [0.1, 0.15) is 146 Å². The predicted octanol–water partition coefficient (Wildman–Crippen LogP) is 4.47. The smallest absolute Gasteiger partial charge is 0.408 e. The van der Waals surface area contributed by atoms with Crippen LogP contribution in [0.25, 0.3) is 33.3 Å². The summed E-state index contributed by atoms with van der Waals surface area (Å²) < 4.78 is 27.1.